The Kier molecular flexibility index (Phi) is 4.55. The number of carbonyl (C=O) groups is 1. The maximum absolute atomic E-state index is 13.2. The van der Waals surface area contributed by atoms with Gasteiger partial charge in [-0.3, -0.25) is 4.79 Å². The quantitative estimate of drug-likeness (QED) is 0.730. The Morgan fingerprint density at radius 2 is 2.00 bits per heavy atom. The number of para-hydroxylation sites is 2. The number of hydrogen-bond acceptors (Lipinski definition) is 4. The molecular weight excluding hydrogens is 352 g/mol. The van der Waals surface area contributed by atoms with Gasteiger partial charge < -0.3 is 14.6 Å². The molecule has 1 aliphatic rings. The first kappa shape index (κ1) is 16.3. The molecule has 2 aromatic heterocycles. The lowest BCUT2D eigenvalue weighted by atomic mass is 10.1. The lowest BCUT2D eigenvalue weighted by Gasteiger charge is -2.14. The van der Waals surface area contributed by atoms with Gasteiger partial charge in [-0.25, -0.2) is 0 Å². The summed E-state index contributed by atoms with van der Waals surface area (Å²) in [6, 6.07) is 11.5. The molecule has 1 aliphatic heterocycles. The maximum Gasteiger partial charge on any atom is 0.259 e. The van der Waals surface area contributed by atoms with Gasteiger partial charge in [0.2, 0.25) is 0 Å². The minimum atomic E-state index is -0.0717. The van der Waals surface area contributed by atoms with Gasteiger partial charge in [0, 0.05) is 23.0 Å². The van der Waals surface area contributed by atoms with Crippen LogP contribution in [0, 0.1) is 0 Å². The van der Waals surface area contributed by atoms with E-state index in [4.69, 9.17) is 4.74 Å². The number of thioether (sulfide) groups is 1. The minimum Gasteiger partial charge on any atom is -0.495 e. The highest BCUT2D eigenvalue weighted by molar-refractivity contribution is 7.98. The standard InChI is InChI=1S/C19H18N2O2S2/c1-23-15-7-3-2-6-14(15)20-18(22)17-13-8-11-24-12-16(13)25-19(17)21-9-4-5-10-21/h2-7,9-10H,8,11-12H2,1H3,(H,20,22). The third-order valence-electron chi connectivity index (χ3n) is 4.22. The molecule has 0 unspecified atom stereocenters. The first-order valence-corrected chi connectivity index (χ1v) is 10.0. The summed E-state index contributed by atoms with van der Waals surface area (Å²) < 4.78 is 7.39. The van der Waals surface area contributed by atoms with E-state index in [9.17, 15) is 4.79 Å². The number of ether oxygens (including phenoxy) is 1. The van der Waals surface area contributed by atoms with Crippen LogP contribution in [-0.2, 0) is 12.2 Å². The molecule has 25 heavy (non-hydrogen) atoms. The molecular formula is C19H18N2O2S2. The summed E-state index contributed by atoms with van der Waals surface area (Å²) >= 11 is 3.65. The molecule has 0 radical (unpaired) electrons. The number of carbonyl (C=O) groups excluding carboxylic acids is 1. The number of benzene rings is 1. The van der Waals surface area contributed by atoms with Crippen molar-refractivity contribution in [2.75, 3.05) is 18.2 Å². The zero-order chi connectivity index (χ0) is 17.2. The van der Waals surface area contributed by atoms with E-state index in [-0.39, 0.29) is 5.91 Å². The van der Waals surface area contributed by atoms with Crippen molar-refractivity contribution in [3.8, 4) is 10.8 Å². The van der Waals surface area contributed by atoms with E-state index in [1.807, 2.05) is 65.1 Å². The fourth-order valence-electron chi connectivity index (χ4n) is 3.04. The van der Waals surface area contributed by atoms with Crippen LogP contribution in [-0.4, -0.2) is 23.3 Å². The summed E-state index contributed by atoms with van der Waals surface area (Å²) in [4.78, 5) is 14.5. The average Bonchev–Trinajstić information content (AvgIpc) is 3.29. The molecule has 0 bridgehead atoms. The van der Waals surface area contributed by atoms with Crippen molar-refractivity contribution < 1.29 is 9.53 Å². The van der Waals surface area contributed by atoms with Gasteiger partial charge >= 0.3 is 0 Å². The Labute approximate surface area is 154 Å². The van der Waals surface area contributed by atoms with Gasteiger partial charge in [0.1, 0.15) is 10.8 Å². The van der Waals surface area contributed by atoms with Gasteiger partial charge in [0.05, 0.1) is 18.4 Å². The Balaban J connectivity index is 1.76. The number of nitrogens with one attached hydrogen (secondary N) is 1. The lowest BCUT2D eigenvalue weighted by molar-refractivity contribution is 0.102. The lowest BCUT2D eigenvalue weighted by Crippen LogP contribution is -2.17. The Hall–Kier alpha value is -2.18. The predicted molar refractivity (Wildman–Crippen MR) is 104 cm³/mol. The fourth-order valence-corrected chi connectivity index (χ4v) is 5.48. The first-order chi connectivity index (χ1) is 12.3. The summed E-state index contributed by atoms with van der Waals surface area (Å²) in [6.07, 6.45) is 4.92. The van der Waals surface area contributed by atoms with Gasteiger partial charge in [0.15, 0.2) is 0 Å². The number of rotatable bonds is 4. The van der Waals surface area contributed by atoms with Gasteiger partial charge in [0.25, 0.3) is 5.91 Å². The van der Waals surface area contributed by atoms with Crippen LogP contribution >= 0.6 is 23.1 Å². The first-order valence-electron chi connectivity index (χ1n) is 8.08. The summed E-state index contributed by atoms with van der Waals surface area (Å²) in [5.41, 5.74) is 2.68. The zero-order valence-corrected chi connectivity index (χ0v) is 15.5. The molecule has 6 heteroatoms. The maximum atomic E-state index is 13.2. The number of methoxy groups -OCH3 is 1. The Bertz CT molecular complexity index is 900. The summed E-state index contributed by atoms with van der Waals surface area (Å²) in [7, 11) is 1.61. The van der Waals surface area contributed by atoms with E-state index >= 15 is 0 Å². The van der Waals surface area contributed by atoms with Crippen molar-refractivity contribution in [1.29, 1.82) is 0 Å². The van der Waals surface area contributed by atoms with Crippen molar-refractivity contribution in [2.24, 2.45) is 0 Å². The van der Waals surface area contributed by atoms with Gasteiger partial charge in [-0.05, 0) is 42.0 Å². The van der Waals surface area contributed by atoms with E-state index in [1.54, 1.807) is 18.4 Å². The minimum absolute atomic E-state index is 0.0717. The normalized spacial score (nSPS) is 13.3. The van der Waals surface area contributed by atoms with Gasteiger partial charge in [-0.2, -0.15) is 11.8 Å². The van der Waals surface area contributed by atoms with Crippen molar-refractivity contribution in [2.45, 2.75) is 12.2 Å². The molecule has 3 aromatic rings. The fraction of sp³-hybridized carbons (Fsp3) is 0.211. The molecule has 1 amide bonds. The Morgan fingerprint density at radius 3 is 2.80 bits per heavy atom. The van der Waals surface area contributed by atoms with E-state index in [0.29, 0.717) is 11.4 Å². The van der Waals surface area contributed by atoms with Crippen LogP contribution in [0.3, 0.4) is 0 Å². The van der Waals surface area contributed by atoms with Crippen LogP contribution in [0.2, 0.25) is 0 Å². The topological polar surface area (TPSA) is 43.3 Å². The monoisotopic (exact) mass is 370 g/mol. The number of nitrogens with zero attached hydrogens (tertiary/aromatic N) is 1. The second-order valence-corrected chi connectivity index (χ2v) is 7.92. The number of amides is 1. The van der Waals surface area contributed by atoms with E-state index in [1.165, 1.54) is 10.4 Å². The van der Waals surface area contributed by atoms with Gasteiger partial charge in [-0.15, -0.1) is 11.3 Å². The van der Waals surface area contributed by atoms with Crippen molar-refractivity contribution >= 4 is 34.7 Å². The van der Waals surface area contributed by atoms with Gasteiger partial charge in [-0.1, -0.05) is 12.1 Å². The highest BCUT2D eigenvalue weighted by Crippen LogP contribution is 2.39. The summed E-state index contributed by atoms with van der Waals surface area (Å²) in [6.45, 7) is 0. The van der Waals surface area contributed by atoms with E-state index in [0.717, 1.165) is 28.5 Å². The van der Waals surface area contributed by atoms with Crippen LogP contribution < -0.4 is 10.1 Å². The number of aromatic nitrogens is 1. The third-order valence-corrected chi connectivity index (χ3v) is 6.64. The number of hydrogen-bond donors (Lipinski definition) is 1. The zero-order valence-electron chi connectivity index (χ0n) is 13.8. The van der Waals surface area contributed by atoms with Crippen molar-refractivity contribution in [1.82, 2.24) is 4.57 Å². The molecule has 4 rings (SSSR count). The van der Waals surface area contributed by atoms with Crippen LogP contribution in [0.4, 0.5) is 5.69 Å². The molecule has 0 saturated heterocycles. The van der Waals surface area contributed by atoms with E-state index < -0.39 is 0 Å². The largest absolute Gasteiger partial charge is 0.495 e. The molecule has 1 aromatic carbocycles. The van der Waals surface area contributed by atoms with Crippen molar-refractivity contribution in [3.63, 3.8) is 0 Å². The molecule has 128 valence electrons. The molecule has 4 nitrogen and oxygen atoms in total. The van der Waals surface area contributed by atoms with Crippen LogP contribution in [0.15, 0.2) is 48.8 Å². The van der Waals surface area contributed by atoms with Crippen LogP contribution in [0.25, 0.3) is 5.00 Å². The number of fused-ring (bicyclic) bond motifs is 1. The Morgan fingerprint density at radius 1 is 1.20 bits per heavy atom. The number of anilines is 1. The van der Waals surface area contributed by atoms with E-state index in [2.05, 4.69) is 5.32 Å². The summed E-state index contributed by atoms with van der Waals surface area (Å²) in [5.74, 6) is 2.63. The predicted octanol–water partition coefficient (Wildman–Crippen LogP) is 4.59. The highest BCUT2D eigenvalue weighted by Gasteiger charge is 2.26. The molecule has 0 aliphatic carbocycles. The summed E-state index contributed by atoms with van der Waals surface area (Å²) in [5, 5.41) is 4.03. The third kappa shape index (κ3) is 3.07. The molecule has 0 fully saturated rings. The second kappa shape index (κ2) is 6.98. The molecule has 0 saturated carbocycles. The van der Waals surface area contributed by atoms with Crippen LogP contribution in [0.5, 0.6) is 5.75 Å². The smallest absolute Gasteiger partial charge is 0.259 e. The molecule has 3 heterocycles. The van der Waals surface area contributed by atoms with Crippen molar-refractivity contribution in [3.05, 3.63) is 64.8 Å². The highest BCUT2D eigenvalue weighted by atomic mass is 32.2. The average molecular weight is 370 g/mol. The molecule has 0 spiro atoms. The molecule has 1 N–H and O–H groups in total. The number of thiophene rings is 1. The second-order valence-electron chi connectivity index (χ2n) is 5.73. The SMILES string of the molecule is COc1ccccc1NC(=O)c1c(-n2cccc2)sc2c1CCSC2. The molecule has 0 atom stereocenters. The van der Waals surface area contributed by atoms with Crippen LogP contribution in [0.1, 0.15) is 20.8 Å².